The molecule has 1 aromatic rings. The Morgan fingerprint density at radius 3 is 2.29 bits per heavy atom. The monoisotopic (exact) mass is 246 g/mol. The van der Waals surface area contributed by atoms with Crippen LogP contribution in [0.25, 0.3) is 0 Å². The highest BCUT2D eigenvalue weighted by Gasteiger charge is 2.13. The lowest BCUT2D eigenvalue weighted by molar-refractivity contribution is 0.140. The minimum Gasteiger partial charge on any atom is -0.388 e. The van der Waals surface area contributed by atoms with Gasteiger partial charge in [0.05, 0.1) is 14.2 Å². The first-order valence-electron chi connectivity index (χ1n) is 6.07. The molecule has 1 nitrogen and oxygen atoms in total. The van der Waals surface area contributed by atoms with Gasteiger partial charge in [-0.25, -0.2) is 0 Å². The van der Waals surface area contributed by atoms with Gasteiger partial charge in [-0.3, -0.25) is 0 Å². The summed E-state index contributed by atoms with van der Waals surface area (Å²) in [7, 11) is -1.19. The fourth-order valence-electron chi connectivity index (χ4n) is 1.49. The average Bonchev–Trinajstić information content (AvgIpc) is 2.27. The zero-order valence-electron chi connectivity index (χ0n) is 11.1. The number of aliphatic hydroxyl groups excluding tert-OH is 1. The molecule has 0 amide bonds. The Balaban J connectivity index is 2.72. The van der Waals surface area contributed by atoms with Gasteiger partial charge in [-0.2, -0.15) is 0 Å². The summed E-state index contributed by atoms with van der Waals surface area (Å²) < 4.78 is 0. The Morgan fingerprint density at radius 1 is 1.18 bits per heavy atom. The van der Waals surface area contributed by atoms with Gasteiger partial charge < -0.3 is 5.11 Å². The molecular formula is C15H22OSi. The molecule has 0 fully saturated rings. The molecule has 0 unspecified atom stereocenters. The van der Waals surface area contributed by atoms with E-state index >= 15 is 0 Å². The molecule has 0 saturated carbocycles. The molecule has 1 N–H and O–H groups in total. The molecule has 0 radical (unpaired) electrons. The highest BCUT2D eigenvalue weighted by molar-refractivity contribution is 6.80. The lowest BCUT2D eigenvalue weighted by Crippen LogP contribution is -2.14. The van der Waals surface area contributed by atoms with Crippen LogP contribution in [0.5, 0.6) is 0 Å². The van der Waals surface area contributed by atoms with E-state index in [1.54, 1.807) is 0 Å². The van der Waals surface area contributed by atoms with E-state index in [4.69, 9.17) is 0 Å². The smallest absolute Gasteiger partial charge is 0.0856 e. The predicted molar refractivity (Wildman–Crippen MR) is 76.6 cm³/mol. The second-order valence-corrected chi connectivity index (χ2v) is 10.6. The fourth-order valence-corrected chi connectivity index (χ4v) is 2.09. The quantitative estimate of drug-likeness (QED) is 0.630. The van der Waals surface area contributed by atoms with E-state index in [0.29, 0.717) is 0 Å². The number of benzene rings is 1. The van der Waals surface area contributed by atoms with Crippen molar-refractivity contribution in [2.24, 2.45) is 5.92 Å². The number of hydrogen-bond donors (Lipinski definition) is 1. The van der Waals surface area contributed by atoms with E-state index in [1.807, 2.05) is 43.3 Å². The summed E-state index contributed by atoms with van der Waals surface area (Å²) in [6.45, 7) is 8.83. The van der Waals surface area contributed by atoms with E-state index in [0.717, 1.165) is 5.56 Å². The summed E-state index contributed by atoms with van der Waals surface area (Å²) in [4.78, 5) is 0. The van der Waals surface area contributed by atoms with Crippen molar-refractivity contribution < 1.29 is 5.11 Å². The van der Waals surface area contributed by atoms with Gasteiger partial charge in [-0.15, -0.1) is 5.73 Å². The molecule has 0 aliphatic heterocycles. The third kappa shape index (κ3) is 5.18. The first-order valence-corrected chi connectivity index (χ1v) is 9.64. The Hall–Kier alpha value is -1.08. The molecule has 0 bridgehead atoms. The van der Waals surface area contributed by atoms with Crippen molar-refractivity contribution in [2.75, 3.05) is 0 Å². The van der Waals surface area contributed by atoms with Gasteiger partial charge in [0.1, 0.15) is 0 Å². The molecule has 0 heterocycles. The van der Waals surface area contributed by atoms with Crippen LogP contribution in [-0.2, 0) is 0 Å². The van der Waals surface area contributed by atoms with Crippen molar-refractivity contribution in [3.63, 3.8) is 0 Å². The summed E-state index contributed by atoms with van der Waals surface area (Å²) in [5, 5.41) is 10.1. The normalized spacial score (nSPS) is 14.6. The molecule has 92 valence electrons. The second-order valence-electron chi connectivity index (χ2n) is 5.56. The maximum Gasteiger partial charge on any atom is 0.0856 e. The molecule has 2 atom stereocenters. The van der Waals surface area contributed by atoms with Crippen molar-refractivity contribution in [3.8, 4) is 0 Å². The van der Waals surface area contributed by atoms with Crippen LogP contribution in [-0.4, -0.2) is 13.2 Å². The van der Waals surface area contributed by atoms with Crippen molar-refractivity contribution in [3.05, 3.63) is 53.4 Å². The largest absolute Gasteiger partial charge is 0.388 e. The van der Waals surface area contributed by atoms with Crippen LogP contribution in [0.1, 0.15) is 18.6 Å². The minimum absolute atomic E-state index is 0.0880. The highest BCUT2D eigenvalue weighted by Crippen LogP contribution is 2.22. The molecule has 17 heavy (non-hydrogen) atoms. The van der Waals surface area contributed by atoms with E-state index in [2.05, 4.69) is 31.1 Å². The van der Waals surface area contributed by atoms with Crippen LogP contribution in [0, 0.1) is 5.92 Å². The van der Waals surface area contributed by atoms with Crippen LogP contribution in [0.15, 0.2) is 47.8 Å². The first kappa shape index (κ1) is 14.0. The molecule has 1 rings (SSSR count). The molecule has 2 heteroatoms. The van der Waals surface area contributed by atoms with Gasteiger partial charge >= 0.3 is 0 Å². The Kier molecular flexibility index (Phi) is 4.95. The van der Waals surface area contributed by atoms with E-state index in [1.165, 1.54) is 0 Å². The van der Waals surface area contributed by atoms with Gasteiger partial charge in [0.2, 0.25) is 0 Å². The molecule has 0 aliphatic rings. The van der Waals surface area contributed by atoms with Gasteiger partial charge in [0.25, 0.3) is 0 Å². The number of hydrogen-bond acceptors (Lipinski definition) is 1. The summed E-state index contributed by atoms with van der Waals surface area (Å²) in [6, 6.07) is 9.77. The maximum absolute atomic E-state index is 10.1. The number of rotatable bonds is 4. The summed E-state index contributed by atoms with van der Waals surface area (Å²) >= 11 is 0. The molecule has 0 saturated heterocycles. The topological polar surface area (TPSA) is 20.2 Å². The highest BCUT2D eigenvalue weighted by atomic mass is 28.3. The van der Waals surface area contributed by atoms with Crippen LogP contribution < -0.4 is 0 Å². The zero-order valence-corrected chi connectivity index (χ0v) is 12.1. The molecule has 0 aromatic heterocycles. The summed E-state index contributed by atoms with van der Waals surface area (Å²) in [5.74, 6) is 0.0880. The molecule has 0 aliphatic carbocycles. The Morgan fingerprint density at radius 2 is 1.76 bits per heavy atom. The van der Waals surface area contributed by atoms with Crippen LogP contribution in [0.3, 0.4) is 0 Å². The van der Waals surface area contributed by atoms with Crippen molar-refractivity contribution >= 4 is 8.07 Å². The van der Waals surface area contributed by atoms with Gasteiger partial charge in [-0.1, -0.05) is 62.6 Å². The standard InChI is InChI=1S/C15H22OSi/c1-13(9-8-12-17(2,3)4)15(16)14-10-6-5-7-11-14/h5-7,9-13,15-16H,1-4H3/t8?,13-,15-/m0/s1. The summed E-state index contributed by atoms with van der Waals surface area (Å²) in [6.07, 6.45) is 1.52. The zero-order chi connectivity index (χ0) is 12.9. The van der Waals surface area contributed by atoms with E-state index in [9.17, 15) is 5.11 Å². The minimum atomic E-state index is -1.19. The fraction of sp³-hybridized carbons (Fsp3) is 0.400. The van der Waals surface area contributed by atoms with Crippen molar-refractivity contribution in [2.45, 2.75) is 32.7 Å². The molecular weight excluding hydrogens is 224 g/mol. The Labute approximate surface area is 106 Å². The van der Waals surface area contributed by atoms with Crippen LogP contribution in [0.4, 0.5) is 0 Å². The number of aliphatic hydroxyl groups is 1. The van der Waals surface area contributed by atoms with E-state index in [-0.39, 0.29) is 5.92 Å². The lowest BCUT2D eigenvalue weighted by Gasteiger charge is -2.15. The second kappa shape index (κ2) is 6.01. The first-order chi connectivity index (χ1) is 7.90. The Bertz CT molecular complexity index is 397. The van der Waals surface area contributed by atoms with Gasteiger partial charge in [-0.05, 0) is 11.6 Å². The predicted octanol–water partition coefficient (Wildman–Crippen LogP) is 3.94. The van der Waals surface area contributed by atoms with E-state index < -0.39 is 14.2 Å². The third-order valence-electron chi connectivity index (χ3n) is 2.51. The third-order valence-corrected chi connectivity index (χ3v) is 3.55. The van der Waals surface area contributed by atoms with Crippen LogP contribution in [0.2, 0.25) is 19.6 Å². The lowest BCUT2D eigenvalue weighted by atomic mass is 9.98. The van der Waals surface area contributed by atoms with Crippen molar-refractivity contribution in [1.29, 1.82) is 0 Å². The molecule has 1 aromatic carbocycles. The van der Waals surface area contributed by atoms with Crippen LogP contribution >= 0.6 is 0 Å². The van der Waals surface area contributed by atoms with Gasteiger partial charge in [0, 0.05) is 5.92 Å². The summed E-state index contributed by atoms with van der Waals surface area (Å²) in [5.41, 5.74) is 6.36. The maximum atomic E-state index is 10.1. The molecule has 0 spiro atoms. The average molecular weight is 246 g/mol. The van der Waals surface area contributed by atoms with Gasteiger partial charge in [0.15, 0.2) is 0 Å². The SMILES string of the molecule is C[C@@H](C=C=C[Si](C)(C)C)[C@H](O)c1ccccc1. The van der Waals surface area contributed by atoms with Crippen molar-refractivity contribution in [1.82, 2.24) is 0 Å².